The maximum Gasteiger partial charge on any atom is 0.347 e. The first-order valence-corrected chi connectivity index (χ1v) is 3.44. The molecular weight excluding hydrogens is 180 g/mol. The van der Waals surface area contributed by atoms with Gasteiger partial charge in [-0.3, -0.25) is 9.59 Å². The van der Waals surface area contributed by atoms with Gasteiger partial charge in [0.25, 0.3) is 0 Å². The van der Waals surface area contributed by atoms with Crippen molar-refractivity contribution in [3.63, 3.8) is 0 Å². The van der Waals surface area contributed by atoms with E-state index in [0.717, 1.165) is 14.0 Å². The Kier molecular flexibility index (Phi) is 4.50. The van der Waals surface area contributed by atoms with E-state index in [4.69, 9.17) is 5.11 Å². The van der Waals surface area contributed by atoms with Crippen LogP contribution in [0.3, 0.4) is 0 Å². The molecule has 1 atom stereocenters. The second kappa shape index (κ2) is 5.13. The molecule has 0 heterocycles. The van der Waals surface area contributed by atoms with Crippen LogP contribution in [0.1, 0.15) is 13.3 Å². The van der Waals surface area contributed by atoms with Crippen LogP contribution in [0, 0.1) is 0 Å². The molecule has 74 valence electrons. The Balaban J connectivity index is 4.26. The molecule has 0 bridgehead atoms. The Morgan fingerprint density at radius 2 is 1.92 bits per heavy atom. The van der Waals surface area contributed by atoms with Crippen molar-refractivity contribution in [2.75, 3.05) is 7.11 Å². The predicted molar refractivity (Wildman–Crippen MR) is 39.8 cm³/mol. The second-order valence-corrected chi connectivity index (χ2v) is 2.22. The summed E-state index contributed by atoms with van der Waals surface area (Å²) in [5.41, 5.74) is 0. The fourth-order valence-corrected chi connectivity index (χ4v) is 0.663. The minimum Gasteiger partial charge on any atom is -0.481 e. The average Bonchev–Trinajstić information content (AvgIpc) is 2.00. The van der Waals surface area contributed by atoms with Gasteiger partial charge in [0, 0.05) is 6.92 Å². The van der Waals surface area contributed by atoms with Crippen molar-refractivity contribution in [3.8, 4) is 0 Å². The van der Waals surface area contributed by atoms with Crippen molar-refractivity contribution in [1.29, 1.82) is 0 Å². The molecule has 0 radical (unpaired) electrons. The Labute approximate surface area is 74.4 Å². The van der Waals surface area contributed by atoms with Gasteiger partial charge < -0.3 is 14.6 Å². The predicted octanol–water partition coefficient (Wildman–Crippen LogP) is -0.434. The lowest BCUT2D eigenvalue weighted by atomic mass is 10.2. The third kappa shape index (κ3) is 4.78. The standard InChI is InChI=1S/C7H10O6/c1-4(8)13-5(3-6(9)10)7(11)12-2/h5H,3H2,1-2H3,(H,9,10)/t5-/m0/s1. The van der Waals surface area contributed by atoms with E-state index in [-0.39, 0.29) is 0 Å². The molecule has 13 heavy (non-hydrogen) atoms. The van der Waals surface area contributed by atoms with Crippen LogP contribution in [0.25, 0.3) is 0 Å². The van der Waals surface area contributed by atoms with E-state index in [1.165, 1.54) is 0 Å². The molecule has 0 rings (SSSR count). The monoisotopic (exact) mass is 190 g/mol. The number of ether oxygens (including phenoxy) is 2. The van der Waals surface area contributed by atoms with E-state index < -0.39 is 30.4 Å². The van der Waals surface area contributed by atoms with Crippen LogP contribution in [-0.2, 0) is 23.9 Å². The van der Waals surface area contributed by atoms with Crippen LogP contribution in [0.15, 0.2) is 0 Å². The minimum absolute atomic E-state index is 0.591. The zero-order valence-electron chi connectivity index (χ0n) is 7.27. The van der Waals surface area contributed by atoms with Gasteiger partial charge in [-0.05, 0) is 0 Å². The summed E-state index contributed by atoms with van der Waals surface area (Å²) in [4.78, 5) is 31.5. The number of carbonyl (C=O) groups is 3. The Morgan fingerprint density at radius 1 is 1.38 bits per heavy atom. The highest BCUT2D eigenvalue weighted by Crippen LogP contribution is 2.01. The molecule has 0 spiro atoms. The Morgan fingerprint density at radius 3 is 2.23 bits per heavy atom. The van der Waals surface area contributed by atoms with Gasteiger partial charge in [0.15, 0.2) is 0 Å². The topological polar surface area (TPSA) is 89.9 Å². The Bertz CT molecular complexity index is 205. The number of hydrogen-bond acceptors (Lipinski definition) is 5. The molecule has 0 saturated carbocycles. The summed E-state index contributed by atoms with van der Waals surface area (Å²) in [6, 6.07) is 0. The summed E-state index contributed by atoms with van der Waals surface area (Å²) in [6.07, 6.45) is -1.95. The fraction of sp³-hybridized carbons (Fsp3) is 0.571. The smallest absolute Gasteiger partial charge is 0.347 e. The first-order valence-electron chi connectivity index (χ1n) is 3.44. The van der Waals surface area contributed by atoms with Crippen molar-refractivity contribution < 1.29 is 29.0 Å². The second-order valence-electron chi connectivity index (χ2n) is 2.22. The summed E-state index contributed by atoms with van der Waals surface area (Å²) < 4.78 is 8.65. The van der Waals surface area contributed by atoms with E-state index in [1.54, 1.807) is 0 Å². The molecular formula is C7H10O6. The average molecular weight is 190 g/mol. The number of methoxy groups -OCH3 is 1. The van der Waals surface area contributed by atoms with Crippen molar-refractivity contribution in [3.05, 3.63) is 0 Å². The largest absolute Gasteiger partial charge is 0.481 e. The van der Waals surface area contributed by atoms with Gasteiger partial charge in [-0.25, -0.2) is 4.79 Å². The van der Waals surface area contributed by atoms with E-state index >= 15 is 0 Å². The molecule has 0 aliphatic carbocycles. The van der Waals surface area contributed by atoms with Gasteiger partial charge in [0.05, 0.1) is 13.5 Å². The fourth-order valence-electron chi connectivity index (χ4n) is 0.663. The molecule has 6 heteroatoms. The quantitative estimate of drug-likeness (QED) is 0.604. The number of rotatable bonds is 4. The van der Waals surface area contributed by atoms with Crippen molar-refractivity contribution in [2.24, 2.45) is 0 Å². The number of carboxylic acid groups (broad SMARTS) is 1. The van der Waals surface area contributed by atoms with E-state index in [9.17, 15) is 14.4 Å². The summed E-state index contributed by atoms with van der Waals surface area (Å²) >= 11 is 0. The molecule has 0 aromatic heterocycles. The molecule has 0 aromatic carbocycles. The highest BCUT2D eigenvalue weighted by Gasteiger charge is 2.25. The first kappa shape index (κ1) is 11.4. The normalized spacial score (nSPS) is 11.5. The highest BCUT2D eigenvalue weighted by molar-refractivity contribution is 5.83. The maximum atomic E-state index is 10.8. The molecule has 0 aromatic rings. The zero-order chi connectivity index (χ0) is 10.4. The maximum absolute atomic E-state index is 10.8. The van der Waals surface area contributed by atoms with E-state index in [1.807, 2.05) is 0 Å². The van der Waals surface area contributed by atoms with Gasteiger partial charge in [0.1, 0.15) is 0 Å². The summed E-state index contributed by atoms with van der Waals surface area (Å²) in [5, 5.41) is 8.34. The van der Waals surface area contributed by atoms with Crippen LogP contribution >= 0.6 is 0 Å². The van der Waals surface area contributed by atoms with Gasteiger partial charge in [-0.15, -0.1) is 0 Å². The lowest BCUT2D eigenvalue weighted by Crippen LogP contribution is -2.30. The van der Waals surface area contributed by atoms with E-state index in [2.05, 4.69) is 9.47 Å². The number of hydrogen-bond donors (Lipinski definition) is 1. The molecule has 0 saturated heterocycles. The summed E-state index contributed by atoms with van der Waals surface area (Å²) in [7, 11) is 1.08. The molecule has 0 fully saturated rings. The van der Waals surface area contributed by atoms with E-state index in [0.29, 0.717) is 0 Å². The van der Waals surface area contributed by atoms with Gasteiger partial charge in [-0.2, -0.15) is 0 Å². The molecule has 0 unspecified atom stereocenters. The lowest BCUT2D eigenvalue weighted by Gasteiger charge is -2.11. The number of carbonyl (C=O) groups excluding carboxylic acids is 2. The van der Waals surface area contributed by atoms with Gasteiger partial charge in [-0.1, -0.05) is 0 Å². The molecule has 6 nitrogen and oxygen atoms in total. The molecule has 0 aliphatic heterocycles. The molecule has 1 N–H and O–H groups in total. The first-order chi connectivity index (χ1) is 5.97. The van der Waals surface area contributed by atoms with Crippen molar-refractivity contribution in [1.82, 2.24) is 0 Å². The third-order valence-electron chi connectivity index (χ3n) is 1.13. The molecule has 0 aliphatic rings. The van der Waals surface area contributed by atoms with Crippen LogP contribution < -0.4 is 0 Å². The zero-order valence-corrected chi connectivity index (χ0v) is 7.27. The lowest BCUT2D eigenvalue weighted by molar-refractivity contribution is -0.167. The summed E-state index contributed by atoms with van der Waals surface area (Å²) in [5.74, 6) is -2.84. The highest BCUT2D eigenvalue weighted by atomic mass is 16.6. The van der Waals surface area contributed by atoms with Crippen LogP contribution in [0.4, 0.5) is 0 Å². The number of carboxylic acids is 1. The van der Waals surface area contributed by atoms with Gasteiger partial charge >= 0.3 is 17.9 Å². The minimum atomic E-state index is -1.36. The van der Waals surface area contributed by atoms with Crippen LogP contribution in [-0.4, -0.2) is 36.2 Å². The number of esters is 2. The van der Waals surface area contributed by atoms with Crippen molar-refractivity contribution >= 4 is 17.9 Å². The van der Waals surface area contributed by atoms with Gasteiger partial charge in [0.2, 0.25) is 6.10 Å². The van der Waals surface area contributed by atoms with Crippen LogP contribution in [0.5, 0.6) is 0 Å². The number of aliphatic carboxylic acids is 1. The molecule has 0 amide bonds. The summed E-state index contributed by atoms with van der Waals surface area (Å²) in [6.45, 7) is 1.08. The van der Waals surface area contributed by atoms with Crippen molar-refractivity contribution in [2.45, 2.75) is 19.4 Å². The van der Waals surface area contributed by atoms with Crippen LogP contribution in [0.2, 0.25) is 0 Å². The SMILES string of the molecule is COC(=O)[C@H](CC(=O)O)OC(C)=O. The Hall–Kier alpha value is -1.59. The third-order valence-corrected chi connectivity index (χ3v) is 1.13.